The zero-order valence-electron chi connectivity index (χ0n) is 14.5. The van der Waals surface area contributed by atoms with Gasteiger partial charge in [-0.3, -0.25) is 4.79 Å². The minimum Gasteiger partial charge on any atom is -0.440 e. The molecule has 0 bridgehead atoms. The second kappa shape index (κ2) is 10.2. The number of rotatable bonds is 5. The molecule has 25 heavy (non-hydrogen) atoms. The summed E-state index contributed by atoms with van der Waals surface area (Å²) in [5.74, 6) is 2.07. The minimum atomic E-state index is 0. The van der Waals surface area contributed by atoms with Crippen molar-refractivity contribution in [1.82, 2.24) is 15.2 Å². The van der Waals surface area contributed by atoms with Gasteiger partial charge in [-0.1, -0.05) is 6.07 Å². The fraction of sp³-hybridized carbons (Fsp3) is 0.529. The molecule has 1 saturated heterocycles. The monoisotopic (exact) mass is 405 g/mol. The first-order valence-corrected chi connectivity index (χ1v) is 8.98. The predicted octanol–water partition coefficient (Wildman–Crippen LogP) is 3.56. The van der Waals surface area contributed by atoms with Crippen molar-refractivity contribution in [2.24, 2.45) is 5.92 Å². The van der Waals surface area contributed by atoms with Crippen molar-refractivity contribution in [2.45, 2.75) is 26.2 Å². The van der Waals surface area contributed by atoms with Crippen molar-refractivity contribution in [3.05, 3.63) is 29.0 Å². The second-order valence-electron chi connectivity index (χ2n) is 6.08. The molecular formula is C17H25Cl2N3O2S. The van der Waals surface area contributed by atoms with Gasteiger partial charge in [0.1, 0.15) is 5.76 Å². The molecule has 1 N–H and O–H groups in total. The van der Waals surface area contributed by atoms with Gasteiger partial charge in [0, 0.05) is 13.1 Å². The van der Waals surface area contributed by atoms with Gasteiger partial charge >= 0.3 is 0 Å². The zero-order chi connectivity index (χ0) is 16.2. The number of piperidine rings is 1. The number of aryl methyl sites for hydroxylation is 1. The van der Waals surface area contributed by atoms with E-state index in [9.17, 15) is 4.79 Å². The largest absolute Gasteiger partial charge is 0.440 e. The molecule has 3 heterocycles. The Morgan fingerprint density at radius 1 is 1.48 bits per heavy atom. The third-order valence-corrected chi connectivity index (χ3v) is 5.17. The van der Waals surface area contributed by atoms with E-state index in [0.29, 0.717) is 18.2 Å². The van der Waals surface area contributed by atoms with E-state index < -0.39 is 0 Å². The summed E-state index contributed by atoms with van der Waals surface area (Å²) >= 11 is 1.59. The molecule has 2 aromatic heterocycles. The molecule has 8 heteroatoms. The van der Waals surface area contributed by atoms with Crippen LogP contribution >= 0.6 is 36.2 Å². The highest BCUT2D eigenvalue weighted by Gasteiger charge is 2.25. The maximum atomic E-state index is 12.6. The summed E-state index contributed by atoms with van der Waals surface area (Å²) in [6.07, 6.45) is 2.60. The lowest BCUT2D eigenvalue weighted by Crippen LogP contribution is -2.43. The van der Waals surface area contributed by atoms with E-state index in [1.54, 1.807) is 11.3 Å². The first-order valence-electron chi connectivity index (χ1n) is 8.10. The van der Waals surface area contributed by atoms with E-state index in [-0.39, 0.29) is 30.7 Å². The molecule has 1 unspecified atom stereocenters. The highest BCUT2D eigenvalue weighted by molar-refractivity contribution is 7.13. The number of carbonyl (C=O) groups excluding carboxylic acids is 1. The van der Waals surface area contributed by atoms with E-state index in [1.165, 1.54) is 6.42 Å². The van der Waals surface area contributed by atoms with Crippen molar-refractivity contribution in [2.75, 3.05) is 26.7 Å². The quantitative estimate of drug-likeness (QED) is 0.825. The van der Waals surface area contributed by atoms with Crippen LogP contribution < -0.4 is 5.32 Å². The topological polar surface area (TPSA) is 58.4 Å². The maximum Gasteiger partial charge on any atom is 0.236 e. The summed E-state index contributed by atoms with van der Waals surface area (Å²) in [7, 11) is 1.96. The molecule has 0 saturated carbocycles. The number of carbonyl (C=O) groups is 1. The highest BCUT2D eigenvalue weighted by atomic mass is 35.5. The van der Waals surface area contributed by atoms with Gasteiger partial charge < -0.3 is 14.6 Å². The van der Waals surface area contributed by atoms with Gasteiger partial charge in [-0.15, -0.1) is 36.2 Å². The minimum absolute atomic E-state index is 0. The number of hydrogen-bond donors (Lipinski definition) is 1. The van der Waals surface area contributed by atoms with Crippen LogP contribution in [0.15, 0.2) is 21.9 Å². The van der Waals surface area contributed by atoms with Crippen molar-refractivity contribution < 1.29 is 9.21 Å². The van der Waals surface area contributed by atoms with Crippen molar-refractivity contribution in [1.29, 1.82) is 0 Å². The van der Waals surface area contributed by atoms with Crippen LogP contribution in [-0.2, 0) is 11.2 Å². The maximum absolute atomic E-state index is 12.6. The highest BCUT2D eigenvalue weighted by Crippen LogP contribution is 2.26. The van der Waals surface area contributed by atoms with Gasteiger partial charge in [-0.25, -0.2) is 4.98 Å². The summed E-state index contributed by atoms with van der Waals surface area (Å²) in [6.45, 7) is 4.55. The number of halogens is 2. The van der Waals surface area contributed by atoms with Crippen LogP contribution in [0.5, 0.6) is 0 Å². The van der Waals surface area contributed by atoms with E-state index in [1.807, 2.05) is 36.4 Å². The number of hydrogen-bond acceptors (Lipinski definition) is 5. The fourth-order valence-corrected chi connectivity index (χ4v) is 3.75. The molecule has 140 valence electrons. The van der Waals surface area contributed by atoms with Gasteiger partial charge in [-0.2, -0.15) is 0 Å². The van der Waals surface area contributed by atoms with Crippen LogP contribution in [0, 0.1) is 12.8 Å². The third-order valence-electron chi connectivity index (χ3n) is 4.31. The first kappa shape index (κ1) is 22.0. The molecule has 1 amide bonds. The lowest BCUT2D eigenvalue weighted by Gasteiger charge is -2.32. The van der Waals surface area contributed by atoms with Crippen LogP contribution in [0.1, 0.15) is 24.3 Å². The van der Waals surface area contributed by atoms with Crippen LogP contribution in [-0.4, -0.2) is 42.5 Å². The number of amides is 1. The summed E-state index contributed by atoms with van der Waals surface area (Å²) < 4.78 is 5.73. The molecule has 0 aliphatic carbocycles. The lowest BCUT2D eigenvalue weighted by molar-refractivity contribution is -0.132. The lowest BCUT2D eigenvalue weighted by atomic mass is 9.97. The Labute approximate surface area is 165 Å². The normalized spacial score (nSPS) is 16.9. The third kappa shape index (κ3) is 5.45. The van der Waals surface area contributed by atoms with Gasteiger partial charge in [0.05, 0.1) is 17.0 Å². The number of nitrogens with zero attached hydrogens (tertiary/aromatic N) is 2. The molecular weight excluding hydrogens is 381 g/mol. The molecule has 0 radical (unpaired) electrons. The molecule has 1 aliphatic rings. The number of nitrogens with one attached hydrogen (secondary N) is 1. The van der Waals surface area contributed by atoms with Crippen LogP contribution in [0.4, 0.5) is 0 Å². The number of thiophene rings is 1. The summed E-state index contributed by atoms with van der Waals surface area (Å²) in [6, 6.07) is 3.95. The second-order valence-corrected chi connectivity index (χ2v) is 7.03. The standard InChI is InChI=1S/C17H23N3O2S.2ClH/c1-12-14(19-17(22-12)15-6-4-8-23-15)9-16(21)20-7-3-5-13(11-20)10-18-2;;/h4,6,8,13,18H,3,5,7,9-11H2,1-2H3;2*1H. The van der Waals surface area contributed by atoms with Crippen molar-refractivity contribution in [3.8, 4) is 10.8 Å². The number of likely N-dealkylation sites (tertiary alicyclic amines) is 1. The molecule has 1 atom stereocenters. The van der Waals surface area contributed by atoms with Crippen LogP contribution in [0.3, 0.4) is 0 Å². The number of oxazole rings is 1. The Kier molecular flexibility index (Phi) is 8.93. The first-order chi connectivity index (χ1) is 11.2. The Hall–Kier alpha value is -1.08. The molecule has 3 rings (SSSR count). The Morgan fingerprint density at radius 3 is 2.96 bits per heavy atom. The van der Waals surface area contributed by atoms with E-state index in [0.717, 1.165) is 42.4 Å². The summed E-state index contributed by atoms with van der Waals surface area (Å²) in [4.78, 5) is 20.1. The molecule has 0 aromatic carbocycles. The molecule has 0 spiro atoms. The van der Waals surface area contributed by atoms with Crippen LogP contribution in [0.25, 0.3) is 10.8 Å². The summed E-state index contributed by atoms with van der Waals surface area (Å²) in [5.41, 5.74) is 0.758. The predicted molar refractivity (Wildman–Crippen MR) is 106 cm³/mol. The van der Waals surface area contributed by atoms with Crippen molar-refractivity contribution >= 4 is 42.1 Å². The van der Waals surface area contributed by atoms with Crippen LogP contribution in [0.2, 0.25) is 0 Å². The van der Waals surface area contributed by atoms with Gasteiger partial charge in [0.15, 0.2) is 0 Å². The zero-order valence-corrected chi connectivity index (χ0v) is 16.9. The van der Waals surface area contributed by atoms with E-state index in [4.69, 9.17) is 4.42 Å². The molecule has 1 aliphatic heterocycles. The fourth-order valence-electron chi connectivity index (χ4n) is 3.10. The van der Waals surface area contributed by atoms with Gasteiger partial charge in [0.25, 0.3) is 0 Å². The van der Waals surface area contributed by atoms with Crippen molar-refractivity contribution in [3.63, 3.8) is 0 Å². The SMILES string of the molecule is CNCC1CCCN(C(=O)Cc2nc(-c3cccs3)oc2C)C1.Cl.Cl. The average Bonchev–Trinajstić information content (AvgIpc) is 3.18. The Morgan fingerprint density at radius 2 is 2.28 bits per heavy atom. The smallest absolute Gasteiger partial charge is 0.236 e. The van der Waals surface area contributed by atoms with Gasteiger partial charge in [0.2, 0.25) is 11.8 Å². The molecule has 2 aromatic rings. The molecule has 1 fully saturated rings. The van der Waals surface area contributed by atoms with Gasteiger partial charge in [-0.05, 0) is 50.7 Å². The Bertz CT molecular complexity index is 659. The van der Waals surface area contributed by atoms with E-state index >= 15 is 0 Å². The van der Waals surface area contributed by atoms with E-state index in [2.05, 4.69) is 10.3 Å². The average molecular weight is 406 g/mol. The number of aromatic nitrogens is 1. The molecule has 5 nitrogen and oxygen atoms in total. The summed E-state index contributed by atoms with van der Waals surface area (Å²) in [5, 5.41) is 5.21. The Balaban J connectivity index is 0.00000156.